The van der Waals surface area contributed by atoms with Crippen molar-refractivity contribution in [1.29, 1.82) is 0 Å². The molecule has 1 atom stereocenters. The second-order valence-electron chi connectivity index (χ2n) is 10.2. The fourth-order valence-electron chi connectivity index (χ4n) is 5.18. The number of halogens is 4. The highest BCUT2D eigenvalue weighted by atomic mass is 35.5. The van der Waals surface area contributed by atoms with Crippen molar-refractivity contribution in [2.45, 2.75) is 49.2 Å². The molecule has 2 aromatic carbocycles. The molecule has 14 heteroatoms. The van der Waals surface area contributed by atoms with Crippen LogP contribution >= 0.6 is 11.6 Å². The molecule has 0 unspecified atom stereocenters. The molecule has 4 rings (SSSR count). The van der Waals surface area contributed by atoms with Crippen molar-refractivity contribution < 1.29 is 31.5 Å². The monoisotopic (exact) mass is 627 g/mol. The average Bonchev–Trinajstić information content (AvgIpc) is 2.92. The van der Waals surface area contributed by atoms with Crippen molar-refractivity contribution in [3.63, 3.8) is 0 Å². The predicted octanol–water partition coefficient (Wildman–Crippen LogP) is 5.49. The molecule has 0 amide bonds. The predicted molar refractivity (Wildman–Crippen MR) is 155 cm³/mol. The van der Waals surface area contributed by atoms with Crippen LogP contribution in [0.25, 0.3) is 0 Å². The first-order valence-corrected chi connectivity index (χ1v) is 14.8. The van der Waals surface area contributed by atoms with E-state index in [2.05, 4.69) is 24.5 Å². The molecule has 228 valence electrons. The largest absolute Gasteiger partial charge is 0.483 e. The number of nitrogens with zero attached hydrogens (tertiary/aromatic N) is 4. The first-order chi connectivity index (χ1) is 19.7. The molecule has 1 saturated heterocycles. The summed E-state index contributed by atoms with van der Waals surface area (Å²) in [6.45, 7) is 2.82. The Morgan fingerprint density at radius 1 is 1.21 bits per heavy atom. The number of hydrogen-bond acceptors (Lipinski definition) is 7. The fourth-order valence-corrected chi connectivity index (χ4v) is 7.04. The smallest absolute Gasteiger partial charge is 0.416 e. The minimum atomic E-state index is -4.38. The van der Waals surface area contributed by atoms with E-state index in [1.54, 1.807) is 25.1 Å². The zero-order chi connectivity index (χ0) is 31.1. The Hall–Kier alpha value is -3.42. The van der Waals surface area contributed by atoms with E-state index < -0.39 is 21.8 Å². The molecule has 2 N–H and O–H groups in total. The number of anilines is 2. The average molecular weight is 628 g/mol. The van der Waals surface area contributed by atoms with E-state index in [1.807, 2.05) is 14.1 Å². The molecular weight excluding hydrogens is 595 g/mol. The van der Waals surface area contributed by atoms with Gasteiger partial charge in [-0.2, -0.15) is 13.2 Å². The minimum absolute atomic E-state index is 0.0213. The van der Waals surface area contributed by atoms with Gasteiger partial charge in [-0.25, -0.2) is 18.4 Å². The molecule has 1 fully saturated rings. The van der Waals surface area contributed by atoms with Gasteiger partial charge < -0.3 is 14.9 Å². The Labute approximate surface area is 248 Å². The van der Waals surface area contributed by atoms with Gasteiger partial charge in [-0.1, -0.05) is 29.8 Å². The zero-order valence-corrected chi connectivity index (χ0v) is 25.0. The lowest BCUT2D eigenvalue weighted by molar-refractivity contribution is -0.137. The van der Waals surface area contributed by atoms with Crippen LogP contribution in [-0.4, -0.2) is 67.6 Å². The highest BCUT2D eigenvalue weighted by Crippen LogP contribution is 2.37. The number of alkyl halides is 3. The number of aromatic nitrogens is 2. The summed E-state index contributed by atoms with van der Waals surface area (Å²) in [4.78, 5) is 20.4. The van der Waals surface area contributed by atoms with E-state index in [0.29, 0.717) is 30.5 Å². The highest BCUT2D eigenvalue weighted by molar-refractivity contribution is 7.92. The molecule has 0 bridgehead atoms. The minimum Gasteiger partial charge on any atom is -0.483 e. The van der Waals surface area contributed by atoms with Crippen LogP contribution < -0.4 is 9.62 Å². The van der Waals surface area contributed by atoms with Crippen LogP contribution in [0.4, 0.5) is 24.7 Å². The molecule has 1 aromatic heterocycles. The maximum atomic E-state index is 13.2. The number of sulfonamides is 1. The summed E-state index contributed by atoms with van der Waals surface area (Å²) in [5.74, 6) is 0.136. The molecule has 42 heavy (non-hydrogen) atoms. The van der Waals surface area contributed by atoms with Crippen LogP contribution in [0, 0.1) is 6.92 Å². The third-order valence-corrected chi connectivity index (χ3v) is 9.27. The van der Waals surface area contributed by atoms with Gasteiger partial charge in [0.05, 0.1) is 10.6 Å². The summed E-state index contributed by atoms with van der Waals surface area (Å²) in [7, 11) is -0.0140. The van der Waals surface area contributed by atoms with Gasteiger partial charge in [0, 0.05) is 30.5 Å². The van der Waals surface area contributed by atoms with Gasteiger partial charge >= 0.3 is 6.18 Å². The fraction of sp³-hybridized carbons (Fsp3) is 0.393. The summed E-state index contributed by atoms with van der Waals surface area (Å²) >= 11 is 6.55. The van der Waals surface area contributed by atoms with Crippen LogP contribution in [0.5, 0.6) is 0 Å². The topological polar surface area (TPSA) is 116 Å². The maximum absolute atomic E-state index is 13.2. The number of hydrogen-bond donors (Lipinski definition) is 2. The Balaban J connectivity index is 0.00000155. The molecule has 9 nitrogen and oxygen atoms in total. The van der Waals surface area contributed by atoms with Gasteiger partial charge in [0.2, 0.25) is 0 Å². The van der Waals surface area contributed by atoms with Crippen LogP contribution in [0.3, 0.4) is 0 Å². The first kappa shape index (κ1) is 33.1. The number of piperidine rings is 1. The highest BCUT2D eigenvalue weighted by Gasteiger charge is 2.38. The van der Waals surface area contributed by atoms with Crippen LogP contribution in [0.2, 0.25) is 5.02 Å². The van der Waals surface area contributed by atoms with E-state index in [0.717, 1.165) is 31.1 Å². The molecule has 0 radical (unpaired) electrons. The van der Waals surface area contributed by atoms with Crippen molar-refractivity contribution in [3.05, 3.63) is 76.7 Å². The Morgan fingerprint density at radius 3 is 2.52 bits per heavy atom. The molecule has 0 spiro atoms. The number of likely N-dealkylation sites (N-methyl/N-ethyl adjacent to an activating group) is 1. The molecule has 2 heterocycles. The number of nitrogens with one attached hydrogen (secondary N) is 1. The van der Waals surface area contributed by atoms with Crippen molar-refractivity contribution in [3.8, 4) is 0 Å². The van der Waals surface area contributed by atoms with E-state index in [1.165, 1.54) is 30.7 Å². The van der Waals surface area contributed by atoms with Gasteiger partial charge in [0.25, 0.3) is 16.5 Å². The normalized spacial score (nSPS) is 17.4. The summed E-state index contributed by atoms with van der Waals surface area (Å²) in [5.41, 5.74) is 1.01. The van der Waals surface area contributed by atoms with Crippen LogP contribution in [0.1, 0.15) is 36.0 Å². The third kappa shape index (κ3) is 8.11. The second kappa shape index (κ2) is 13.7. The molecule has 3 aromatic rings. The summed E-state index contributed by atoms with van der Waals surface area (Å²) in [5, 5.41) is 6.98. The zero-order valence-electron chi connectivity index (χ0n) is 23.4. The van der Waals surface area contributed by atoms with Crippen molar-refractivity contribution in [2.24, 2.45) is 0 Å². The number of aryl methyl sites for hydroxylation is 2. The summed E-state index contributed by atoms with van der Waals surface area (Å²) in [6, 6.07) is 10.4. The lowest BCUT2D eigenvalue weighted by Gasteiger charge is -2.48. The molecule has 1 aliphatic rings. The van der Waals surface area contributed by atoms with Gasteiger partial charge in [0.1, 0.15) is 17.0 Å². The molecule has 0 aliphatic carbocycles. The van der Waals surface area contributed by atoms with E-state index in [4.69, 9.17) is 21.5 Å². The molecule has 0 saturated carbocycles. The van der Waals surface area contributed by atoms with Crippen LogP contribution in [0.15, 0.2) is 59.9 Å². The standard InChI is InChI=1S/C27H31ClF3N5O2S.CH2O2/c1-19-14-22(16-23(28)25(19)39(37,38)34-24-9-12-32-18-33-24)36-13-5-10-26(17-36,35(2)3)11-8-20-6-4-7-21(15-20)27(29,30)31;2-1-3/h4,6-7,9,12,14-16,18H,5,8,10-11,13,17H2,1-3H3,(H,32,33,34);1H,(H,2,3)/t26-;/m0./s1. The molecule has 1 aliphatic heterocycles. The lowest BCUT2D eigenvalue weighted by Crippen LogP contribution is -2.56. The first-order valence-electron chi connectivity index (χ1n) is 13.0. The Morgan fingerprint density at radius 2 is 1.93 bits per heavy atom. The summed E-state index contributed by atoms with van der Waals surface area (Å²) < 4.78 is 68.2. The van der Waals surface area contributed by atoms with Crippen LogP contribution in [-0.2, 0) is 27.4 Å². The number of carbonyl (C=O) groups is 1. The maximum Gasteiger partial charge on any atom is 0.416 e. The SMILES string of the molecule is Cc1cc(N2CCC[C@@](CCc3cccc(C(F)(F)F)c3)(N(C)C)C2)cc(Cl)c1S(=O)(=O)Nc1ccncn1.O=CO. The van der Waals surface area contributed by atoms with Gasteiger partial charge in [0.15, 0.2) is 0 Å². The quantitative estimate of drug-likeness (QED) is 0.315. The van der Waals surface area contributed by atoms with E-state index in [-0.39, 0.29) is 27.7 Å². The van der Waals surface area contributed by atoms with Crippen molar-refractivity contribution >= 4 is 39.6 Å². The van der Waals surface area contributed by atoms with Crippen molar-refractivity contribution in [1.82, 2.24) is 14.9 Å². The van der Waals surface area contributed by atoms with E-state index in [9.17, 15) is 21.6 Å². The van der Waals surface area contributed by atoms with Crippen molar-refractivity contribution in [2.75, 3.05) is 36.8 Å². The number of carboxylic acid groups (broad SMARTS) is 1. The lowest BCUT2D eigenvalue weighted by atomic mass is 9.82. The Kier molecular flexibility index (Phi) is 10.8. The van der Waals surface area contributed by atoms with Gasteiger partial charge in [-0.3, -0.25) is 9.52 Å². The second-order valence-corrected chi connectivity index (χ2v) is 12.2. The number of benzene rings is 2. The van der Waals surface area contributed by atoms with Gasteiger partial charge in [-0.15, -0.1) is 0 Å². The molecular formula is C28H33ClF3N5O4S. The summed E-state index contributed by atoms with van der Waals surface area (Å²) in [6.07, 6.45) is 1.22. The van der Waals surface area contributed by atoms with Gasteiger partial charge in [-0.05, 0) is 82.1 Å². The van der Waals surface area contributed by atoms with E-state index >= 15 is 0 Å². The Bertz CT molecular complexity index is 1450. The third-order valence-electron chi connectivity index (χ3n) is 7.31. The number of rotatable bonds is 8.